The Morgan fingerprint density at radius 1 is 1.73 bits per heavy atom. The average Bonchev–Trinajstić information content (AvgIpc) is 2.52. The van der Waals surface area contributed by atoms with Crippen LogP contribution in [0.2, 0.25) is 0 Å². The highest BCUT2D eigenvalue weighted by atomic mass is 16.7. The van der Waals surface area contributed by atoms with Crippen molar-refractivity contribution in [3.63, 3.8) is 0 Å². The Morgan fingerprint density at radius 2 is 2.55 bits per heavy atom. The fourth-order valence-electron chi connectivity index (χ4n) is 0.576. The second kappa shape index (κ2) is 3.78. The minimum atomic E-state index is -0.444. The van der Waals surface area contributed by atoms with E-state index in [-0.39, 0.29) is 6.79 Å². The van der Waals surface area contributed by atoms with Crippen molar-refractivity contribution in [1.82, 2.24) is 0 Å². The molecule has 1 rings (SSSR count). The number of carbonyl (C=O) groups is 1. The predicted octanol–water partition coefficient (Wildman–Crippen LogP) is 1.04. The van der Waals surface area contributed by atoms with E-state index in [1.807, 2.05) is 0 Å². The molecule has 4 heteroatoms. The largest absolute Gasteiger partial charge is 0.472 e. The molecule has 0 aliphatic heterocycles. The predicted molar refractivity (Wildman–Crippen MR) is 36.0 cm³/mol. The molecule has 0 N–H and O–H groups in total. The van der Waals surface area contributed by atoms with Gasteiger partial charge in [-0.2, -0.15) is 0 Å². The summed E-state index contributed by atoms with van der Waals surface area (Å²) in [6, 6.07) is 1.53. The molecule has 4 nitrogen and oxygen atoms in total. The van der Waals surface area contributed by atoms with E-state index in [1.54, 1.807) is 0 Å². The van der Waals surface area contributed by atoms with Gasteiger partial charge >= 0.3 is 5.97 Å². The van der Waals surface area contributed by atoms with Crippen LogP contribution in [0.4, 0.5) is 0 Å². The summed E-state index contributed by atoms with van der Waals surface area (Å²) in [5, 5.41) is 0. The van der Waals surface area contributed by atoms with Crippen LogP contribution >= 0.6 is 0 Å². The van der Waals surface area contributed by atoms with E-state index in [0.29, 0.717) is 5.56 Å². The standard InChI is InChI=1S/C7H8O4/c1-9-5-11-7(8)6-2-3-10-4-6/h2-4H,5H2,1H3. The Morgan fingerprint density at radius 3 is 3.09 bits per heavy atom. The molecule has 0 spiro atoms. The van der Waals surface area contributed by atoms with Crippen molar-refractivity contribution in [3.8, 4) is 0 Å². The molecule has 0 saturated carbocycles. The van der Waals surface area contributed by atoms with Gasteiger partial charge < -0.3 is 13.9 Å². The third-order valence-electron chi connectivity index (χ3n) is 1.06. The van der Waals surface area contributed by atoms with E-state index >= 15 is 0 Å². The van der Waals surface area contributed by atoms with E-state index in [2.05, 4.69) is 13.9 Å². The third kappa shape index (κ3) is 2.09. The minimum absolute atomic E-state index is 0.0377. The van der Waals surface area contributed by atoms with Crippen LogP contribution in [-0.2, 0) is 9.47 Å². The summed E-state index contributed by atoms with van der Waals surface area (Å²) in [5.41, 5.74) is 0.391. The fourth-order valence-corrected chi connectivity index (χ4v) is 0.576. The summed E-state index contributed by atoms with van der Waals surface area (Å²) in [6.45, 7) is -0.0377. The second-order valence-corrected chi connectivity index (χ2v) is 1.85. The molecule has 0 aliphatic rings. The Balaban J connectivity index is 2.43. The first-order valence-electron chi connectivity index (χ1n) is 3.03. The van der Waals surface area contributed by atoms with Gasteiger partial charge in [0.15, 0.2) is 6.79 Å². The summed E-state index contributed by atoms with van der Waals surface area (Å²) in [6.07, 6.45) is 2.72. The highest BCUT2D eigenvalue weighted by Crippen LogP contribution is 2.01. The van der Waals surface area contributed by atoms with Crippen molar-refractivity contribution < 1.29 is 18.7 Å². The summed E-state index contributed by atoms with van der Waals surface area (Å²) in [5.74, 6) is -0.444. The second-order valence-electron chi connectivity index (χ2n) is 1.85. The number of hydrogen-bond donors (Lipinski definition) is 0. The molecule has 0 aromatic carbocycles. The Kier molecular flexibility index (Phi) is 2.68. The monoisotopic (exact) mass is 156 g/mol. The lowest BCUT2D eigenvalue weighted by Crippen LogP contribution is -2.05. The molecule has 0 atom stereocenters. The van der Waals surface area contributed by atoms with Crippen molar-refractivity contribution in [3.05, 3.63) is 24.2 Å². The van der Waals surface area contributed by atoms with Gasteiger partial charge in [-0.05, 0) is 6.07 Å². The molecule has 11 heavy (non-hydrogen) atoms. The van der Waals surface area contributed by atoms with Gasteiger partial charge in [-0.3, -0.25) is 0 Å². The van der Waals surface area contributed by atoms with Crippen LogP contribution in [0.1, 0.15) is 10.4 Å². The molecule has 0 aliphatic carbocycles. The number of rotatable bonds is 3. The first-order valence-corrected chi connectivity index (χ1v) is 3.03. The lowest BCUT2D eigenvalue weighted by Gasteiger charge is -1.98. The zero-order chi connectivity index (χ0) is 8.10. The van der Waals surface area contributed by atoms with Crippen molar-refractivity contribution in [2.24, 2.45) is 0 Å². The molecular weight excluding hydrogens is 148 g/mol. The lowest BCUT2D eigenvalue weighted by atomic mass is 10.3. The van der Waals surface area contributed by atoms with Crippen LogP contribution in [0.3, 0.4) is 0 Å². The summed E-state index contributed by atoms with van der Waals surface area (Å²) < 4.78 is 13.8. The molecule has 0 radical (unpaired) electrons. The Bertz CT molecular complexity index is 214. The van der Waals surface area contributed by atoms with Gasteiger partial charge in [-0.15, -0.1) is 0 Å². The minimum Gasteiger partial charge on any atom is -0.472 e. The van der Waals surface area contributed by atoms with Gasteiger partial charge in [0.1, 0.15) is 6.26 Å². The van der Waals surface area contributed by atoms with Gasteiger partial charge in [-0.1, -0.05) is 0 Å². The number of esters is 1. The number of hydrogen-bond acceptors (Lipinski definition) is 4. The quantitative estimate of drug-likeness (QED) is 0.484. The van der Waals surface area contributed by atoms with Gasteiger partial charge in [-0.25, -0.2) is 4.79 Å². The zero-order valence-corrected chi connectivity index (χ0v) is 6.07. The van der Waals surface area contributed by atoms with E-state index in [1.165, 1.54) is 25.7 Å². The van der Waals surface area contributed by atoms with Crippen molar-refractivity contribution in [2.75, 3.05) is 13.9 Å². The number of carbonyl (C=O) groups excluding carboxylic acids is 1. The molecule has 1 heterocycles. The van der Waals surface area contributed by atoms with Gasteiger partial charge in [0.05, 0.1) is 11.8 Å². The van der Waals surface area contributed by atoms with E-state index in [0.717, 1.165) is 0 Å². The summed E-state index contributed by atoms with van der Waals surface area (Å²) in [7, 11) is 1.45. The maximum Gasteiger partial charge on any atom is 0.343 e. The van der Waals surface area contributed by atoms with Crippen LogP contribution in [0, 0.1) is 0 Å². The fraction of sp³-hybridized carbons (Fsp3) is 0.286. The molecule has 60 valence electrons. The van der Waals surface area contributed by atoms with Gasteiger partial charge in [0, 0.05) is 7.11 Å². The molecule has 1 aromatic rings. The van der Waals surface area contributed by atoms with Crippen molar-refractivity contribution in [1.29, 1.82) is 0 Å². The normalized spacial score (nSPS) is 9.55. The van der Waals surface area contributed by atoms with Crippen LogP contribution in [0.25, 0.3) is 0 Å². The number of furan rings is 1. The van der Waals surface area contributed by atoms with Crippen LogP contribution in [0.5, 0.6) is 0 Å². The first-order chi connectivity index (χ1) is 5.34. The van der Waals surface area contributed by atoms with Crippen molar-refractivity contribution >= 4 is 5.97 Å². The highest BCUT2D eigenvalue weighted by molar-refractivity contribution is 5.88. The topological polar surface area (TPSA) is 48.7 Å². The third-order valence-corrected chi connectivity index (χ3v) is 1.06. The smallest absolute Gasteiger partial charge is 0.343 e. The molecule has 0 fully saturated rings. The van der Waals surface area contributed by atoms with Crippen LogP contribution in [0.15, 0.2) is 23.0 Å². The Hall–Kier alpha value is -1.29. The van der Waals surface area contributed by atoms with Gasteiger partial charge in [0.2, 0.25) is 0 Å². The molecule has 0 saturated heterocycles. The summed E-state index contributed by atoms with van der Waals surface area (Å²) in [4.78, 5) is 10.9. The molecule has 0 unspecified atom stereocenters. The Labute approximate surface area is 63.7 Å². The molecule has 0 bridgehead atoms. The van der Waals surface area contributed by atoms with E-state index < -0.39 is 5.97 Å². The lowest BCUT2D eigenvalue weighted by molar-refractivity contribution is -0.0125. The SMILES string of the molecule is COCOC(=O)c1ccoc1. The van der Waals surface area contributed by atoms with E-state index in [4.69, 9.17) is 0 Å². The maximum atomic E-state index is 10.9. The van der Waals surface area contributed by atoms with Crippen LogP contribution in [-0.4, -0.2) is 19.9 Å². The maximum absolute atomic E-state index is 10.9. The van der Waals surface area contributed by atoms with Crippen LogP contribution < -0.4 is 0 Å². The number of methoxy groups -OCH3 is 1. The average molecular weight is 156 g/mol. The van der Waals surface area contributed by atoms with E-state index in [9.17, 15) is 4.79 Å². The molecular formula is C7H8O4. The summed E-state index contributed by atoms with van der Waals surface area (Å²) >= 11 is 0. The molecule has 0 amide bonds. The van der Waals surface area contributed by atoms with Crippen molar-refractivity contribution in [2.45, 2.75) is 0 Å². The molecule has 1 aromatic heterocycles. The number of ether oxygens (including phenoxy) is 2. The zero-order valence-electron chi connectivity index (χ0n) is 6.07. The highest BCUT2D eigenvalue weighted by Gasteiger charge is 2.06. The first kappa shape index (κ1) is 7.81. The van der Waals surface area contributed by atoms with Gasteiger partial charge in [0.25, 0.3) is 0 Å².